The second kappa shape index (κ2) is 14.8. The SMILES string of the molecule is CC(c1ccc(C(C)(c2cc(I)c(O)c(I)c2)c2cc(I)c(O)c(I)c2)cc1)(c1cc(S)c(O)c(I)c1)c1cc(I)c(O)c(I)c1. The molecule has 5 rings (SSSR count). The van der Waals surface area contributed by atoms with Gasteiger partial charge in [0.15, 0.2) is 0 Å². The second-order valence-electron chi connectivity index (χ2n) is 11.0. The number of rotatable bonds is 6. The van der Waals surface area contributed by atoms with Crippen LogP contribution in [-0.4, -0.2) is 20.4 Å². The number of hydrogen-bond donors (Lipinski definition) is 5. The lowest BCUT2D eigenvalue weighted by atomic mass is 9.68. The van der Waals surface area contributed by atoms with Gasteiger partial charge < -0.3 is 20.4 Å². The van der Waals surface area contributed by atoms with Crippen LogP contribution in [0, 0.1) is 25.0 Å². The third-order valence-electron chi connectivity index (χ3n) is 8.44. The maximum Gasteiger partial charge on any atom is 0.142 e. The summed E-state index contributed by atoms with van der Waals surface area (Å²) in [5.41, 5.74) is 4.75. The average molecular weight is 1420 g/mol. The quantitative estimate of drug-likeness (QED) is 0.0667. The summed E-state index contributed by atoms with van der Waals surface area (Å²) in [7, 11) is 0. The molecular weight excluding hydrogens is 1390 g/mol. The van der Waals surface area contributed by atoms with E-state index in [0.29, 0.717) is 8.47 Å². The van der Waals surface area contributed by atoms with E-state index in [0.717, 1.165) is 54.8 Å². The van der Waals surface area contributed by atoms with Crippen molar-refractivity contribution in [2.75, 3.05) is 0 Å². The van der Waals surface area contributed by atoms with Gasteiger partial charge in [0.1, 0.15) is 23.0 Å². The summed E-state index contributed by atoms with van der Waals surface area (Å²) in [5, 5.41) is 42.4. The molecule has 0 aliphatic rings. The van der Waals surface area contributed by atoms with Gasteiger partial charge in [0.05, 0.1) is 25.0 Å². The molecule has 5 aromatic carbocycles. The Kier molecular flexibility index (Phi) is 12.2. The molecule has 4 nitrogen and oxygen atoms in total. The van der Waals surface area contributed by atoms with Crippen molar-refractivity contribution < 1.29 is 20.4 Å². The number of halogens is 7. The van der Waals surface area contributed by atoms with E-state index in [1.807, 2.05) is 48.5 Å². The monoisotopic (exact) mass is 1420 g/mol. The molecule has 0 aromatic heterocycles. The van der Waals surface area contributed by atoms with E-state index in [2.05, 4.69) is 209 Å². The van der Waals surface area contributed by atoms with E-state index >= 15 is 0 Å². The van der Waals surface area contributed by atoms with E-state index in [1.54, 1.807) is 0 Å². The molecular formula is C34H23I7O4S. The lowest BCUT2D eigenvalue weighted by Gasteiger charge is -2.35. The summed E-state index contributed by atoms with van der Waals surface area (Å²) in [6.07, 6.45) is 0. The summed E-state index contributed by atoms with van der Waals surface area (Å²) in [6, 6.07) is 24.6. The summed E-state index contributed by atoms with van der Waals surface area (Å²) in [6.45, 7) is 4.34. The first-order valence-corrected chi connectivity index (χ1v) is 21.4. The van der Waals surface area contributed by atoms with Crippen molar-refractivity contribution in [1.29, 1.82) is 0 Å². The molecule has 0 saturated carbocycles. The highest BCUT2D eigenvalue weighted by Gasteiger charge is 2.37. The van der Waals surface area contributed by atoms with Crippen LogP contribution in [-0.2, 0) is 10.8 Å². The normalized spacial score (nSPS) is 13.1. The van der Waals surface area contributed by atoms with Gasteiger partial charge in [0.2, 0.25) is 0 Å². The molecule has 238 valence electrons. The molecule has 5 aromatic rings. The molecule has 1 unspecified atom stereocenters. The van der Waals surface area contributed by atoms with E-state index in [4.69, 9.17) is 0 Å². The maximum atomic E-state index is 10.6. The van der Waals surface area contributed by atoms with Crippen LogP contribution in [0.4, 0.5) is 0 Å². The van der Waals surface area contributed by atoms with Crippen LogP contribution in [0.25, 0.3) is 0 Å². The van der Waals surface area contributed by atoms with Crippen LogP contribution >= 0.6 is 171 Å². The highest BCUT2D eigenvalue weighted by atomic mass is 127. The van der Waals surface area contributed by atoms with Gasteiger partial charge in [-0.05, 0) is 254 Å². The third-order valence-corrected chi connectivity index (χ3v) is 14.5. The zero-order valence-electron chi connectivity index (χ0n) is 23.8. The van der Waals surface area contributed by atoms with Crippen molar-refractivity contribution in [2.24, 2.45) is 0 Å². The van der Waals surface area contributed by atoms with Crippen LogP contribution in [0.1, 0.15) is 47.2 Å². The summed E-state index contributed by atoms with van der Waals surface area (Å²) in [4.78, 5) is 0.494. The molecule has 0 spiro atoms. The molecule has 12 heteroatoms. The van der Waals surface area contributed by atoms with Gasteiger partial charge in [-0.2, -0.15) is 0 Å². The van der Waals surface area contributed by atoms with Gasteiger partial charge in [-0.1, -0.05) is 24.3 Å². The van der Waals surface area contributed by atoms with Crippen LogP contribution < -0.4 is 0 Å². The van der Waals surface area contributed by atoms with Crippen molar-refractivity contribution in [3.63, 3.8) is 0 Å². The molecule has 0 amide bonds. The van der Waals surface area contributed by atoms with Gasteiger partial charge in [0, 0.05) is 15.7 Å². The smallest absolute Gasteiger partial charge is 0.142 e. The molecule has 0 saturated heterocycles. The number of phenolic OH excluding ortho intramolecular Hbond substituents is 4. The van der Waals surface area contributed by atoms with Gasteiger partial charge in [-0.25, -0.2) is 0 Å². The minimum Gasteiger partial charge on any atom is -0.506 e. The fraction of sp³-hybridized carbons (Fsp3) is 0.118. The lowest BCUT2D eigenvalue weighted by Crippen LogP contribution is -2.28. The molecule has 0 heterocycles. The summed E-state index contributed by atoms with van der Waals surface area (Å²) in [5.74, 6) is 0.925. The molecule has 0 aliphatic carbocycles. The maximum absolute atomic E-state index is 10.6. The average Bonchev–Trinajstić information content (AvgIpc) is 3.02. The Morgan fingerprint density at radius 1 is 0.391 bits per heavy atom. The van der Waals surface area contributed by atoms with Crippen LogP contribution in [0.5, 0.6) is 23.0 Å². The van der Waals surface area contributed by atoms with Crippen molar-refractivity contribution in [3.05, 3.63) is 131 Å². The van der Waals surface area contributed by atoms with Crippen molar-refractivity contribution in [3.8, 4) is 23.0 Å². The topological polar surface area (TPSA) is 80.9 Å². The zero-order valence-corrected chi connectivity index (χ0v) is 39.8. The Morgan fingerprint density at radius 3 is 0.848 bits per heavy atom. The first-order valence-electron chi connectivity index (χ1n) is 13.4. The predicted molar refractivity (Wildman–Crippen MR) is 246 cm³/mol. The number of hydrogen-bond acceptors (Lipinski definition) is 5. The van der Waals surface area contributed by atoms with E-state index < -0.39 is 10.8 Å². The van der Waals surface area contributed by atoms with Gasteiger partial charge >= 0.3 is 0 Å². The minimum atomic E-state index is -0.667. The molecule has 4 N–H and O–H groups in total. The first-order chi connectivity index (χ1) is 21.5. The molecule has 0 fully saturated rings. The van der Waals surface area contributed by atoms with Crippen molar-refractivity contribution in [2.45, 2.75) is 29.6 Å². The van der Waals surface area contributed by atoms with Crippen LogP contribution in [0.3, 0.4) is 0 Å². The van der Waals surface area contributed by atoms with Crippen LogP contribution in [0.15, 0.2) is 77.7 Å². The molecule has 0 radical (unpaired) electrons. The van der Waals surface area contributed by atoms with Crippen molar-refractivity contribution in [1.82, 2.24) is 0 Å². The highest BCUT2D eigenvalue weighted by molar-refractivity contribution is 14.1. The Bertz CT molecular complexity index is 1660. The fourth-order valence-electron chi connectivity index (χ4n) is 5.57. The predicted octanol–water partition coefficient (Wildman–Crippen LogP) is 11.7. The molecule has 0 bridgehead atoms. The molecule has 46 heavy (non-hydrogen) atoms. The highest BCUT2D eigenvalue weighted by Crippen LogP contribution is 2.47. The fourth-order valence-corrected chi connectivity index (χ4v) is 12.0. The van der Waals surface area contributed by atoms with E-state index in [-0.39, 0.29) is 23.0 Å². The number of benzene rings is 5. The Balaban J connectivity index is 1.78. The molecule has 1 atom stereocenters. The zero-order chi connectivity index (χ0) is 33.9. The molecule has 0 aliphatic heterocycles. The van der Waals surface area contributed by atoms with E-state index in [1.165, 1.54) is 0 Å². The van der Waals surface area contributed by atoms with Gasteiger partial charge in [-0.15, -0.1) is 12.6 Å². The van der Waals surface area contributed by atoms with E-state index in [9.17, 15) is 20.4 Å². The van der Waals surface area contributed by atoms with Crippen LogP contribution in [0.2, 0.25) is 0 Å². The number of thiol groups is 1. The third kappa shape index (κ3) is 6.99. The summed E-state index contributed by atoms with van der Waals surface area (Å²) >= 11 is 19.8. The van der Waals surface area contributed by atoms with Gasteiger partial charge in [0.25, 0.3) is 0 Å². The van der Waals surface area contributed by atoms with Crippen molar-refractivity contribution >= 4 is 171 Å². The lowest BCUT2D eigenvalue weighted by molar-refractivity contribution is 0.457. The standard InChI is InChI=1S/C34H23I7O4S/c1-33(17-7-21(35)29(42)22(36)8-17,18-9-23(37)30(43)24(38)10-18)15-3-5-16(6-4-15)34(2,19-11-25(39)31(44)26(40)12-19)20-13-27(41)32(45)28(46)14-20/h3-14,42-46H,1-2H3. The number of aromatic hydroxyl groups is 4. The second-order valence-corrected chi connectivity index (χ2v) is 19.6. The first kappa shape index (κ1) is 38.0. The number of phenols is 4. The summed E-state index contributed by atoms with van der Waals surface area (Å²) < 4.78 is 5.26. The Labute approximate surface area is 368 Å². The minimum absolute atomic E-state index is 0.146. The largest absolute Gasteiger partial charge is 0.506 e. The Morgan fingerprint density at radius 2 is 0.609 bits per heavy atom. The van der Waals surface area contributed by atoms with Gasteiger partial charge in [-0.3, -0.25) is 0 Å². The Hall–Kier alpha value is 0.760.